The minimum absolute atomic E-state index is 0.199. The number of ether oxygens (including phenoxy) is 1. The monoisotopic (exact) mass is 375 g/mol. The minimum atomic E-state index is -1.07. The van der Waals surface area contributed by atoms with Gasteiger partial charge in [-0.3, -0.25) is 9.59 Å². The van der Waals surface area contributed by atoms with Crippen LogP contribution >= 0.6 is 0 Å². The summed E-state index contributed by atoms with van der Waals surface area (Å²) in [6.45, 7) is 1.78. The molecule has 3 aromatic rings. The molecule has 3 aromatic carbocycles. The van der Waals surface area contributed by atoms with Crippen molar-refractivity contribution in [1.29, 1.82) is 0 Å². The van der Waals surface area contributed by atoms with Gasteiger partial charge in [-0.15, -0.1) is 0 Å². The number of benzene rings is 3. The molecule has 3 rings (SSSR count). The Balaban J connectivity index is 1.88. The lowest BCUT2D eigenvalue weighted by molar-refractivity contribution is -0.137. The molecule has 0 atom stereocenters. The van der Waals surface area contributed by atoms with E-state index in [-0.39, 0.29) is 6.54 Å². The highest BCUT2D eigenvalue weighted by molar-refractivity contribution is 5.98. The molecule has 28 heavy (non-hydrogen) atoms. The van der Waals surface area contributed by atoms with Crippen molar-refractivity contribution in [2.24, 2.45) is 0 Å². The molecule has 0 spiro atoms. The van der Waals surface area contributed by atoms with Crippen LogP contribution in [0.2, 0.25) is 0 Å². The molecule has 0 aromatic heterocycles. The first kappa shape index (κ1) is 19.2. The first-order valence-corrected chi connectivity index (χ1v) is 8.91. The van der Waals surface area contributed by atoms with Crippen molar-refractivity contribution in [1.82, 2.24) is 4.90 Å². The molecule has 0 saturated heterocycles. The van der Waals surface area contributed by atoms with Crippen molar-refractivity contribution in [3.05, 3.63) is 95.6 Å². The van der Waals surface area contributed by atoms with E-state index in [1.165, 1.54) is 4.90 Å². The average molecular weight is 375 g/mol. The lowest BCUT2D eigenvalue weighted by Gasteiger charge is -2.22. The van der Waals surface area contributed by atoms with Gasteiger partial charge in [0.2, 0.25) is 0 Å². The number of carboxylic acid groups (broad SMARTS) is 1. The number of para-hydroxylation sites is 1. The molecule has 0 aliphatic carbocycles. The molecule has 0 saturated carbocycles. The summed E-state index contributed by atoms with van der Waals surface area (Å²) >= 11 is 0. The van der Waals surface area contributed by atoms with Crippen molar-refractivity contribution < 1.29 is 19.4 Å². The third-order valence-electron chi connectivity index (χ3n) is 4.20. The predicted octanol–water partition coefficient (Wildman–Crippen LogP) is 4.51. The SMILES string of the molecule is Cc1ccc(Oc2ccccc2C(=O)N(CC(=O)O)Cc2ccccc2)cc1. The van der Waals surface area contributed by atoms with E-state index in [0.29, 0.717) is 17.1 Å². The van der Waals surface area contributed by atoms with E-state index in [1.807, 2.05) is 61.5 Å². The van der Waals surface area contributed by atoms with Gasteiger partial charge in [-0.1, -0.05) is 60.2 Å². The minimum Gasteiger partial charge on any atom is -0.480 e. The Kier molecular flexibility index (Phi) is 6.07. The number of nitrogens with zero attached hydrogens (tertiary/aromatic N) is 1. The van der Waals surface area contributed by atoms with Gasteiger partial charge < -0.3 is 14.7 Å². The van der Waals surface area contributed by atoms with Crippen molar-refractivity contribution in [2.75, 3.05) is 6.54 Å². The number of hydrogen-bond donors (Lipinski definition) is 1. The van der Waals surface area contributed by atoms with Gasteiger partial charge in [-0.2, -0.15) is 0 Å². The molecule has 0 aliphatic heterocycles. The smallest absolute Gasteiger partial charge is 0.323 e. The van der Waals surface area contributed by atoms with Crippen molar-refractivity contribution in [2.45, 2.75) is 13.5 Å². The number of aryl methyl sites for hydroxylation is 1. The van der Waals surface area contributed by atoms with E-state index in [0.717, 1.165) is 11.1 Å². The fourth-order valence-corrected chi connectivity index (χ4v) is 2.80. The molecule has 5 heteroatoms. The molecule has 0 fully saturated rings. The summed E-state index contributed by atoms with van der Waals surface area (Å²) in [7, 11) is 0. The number of carboxylic acids is 1. The van der Waals surface area contributed by atoms with Gasteiger partial charge >= 0.3 is 5.97 Å². The second kappa shape index (κ2) is 8.86. The number of carbonyl (C=O) groups excluding carboxylic acids is 1. The van der Waals surface area contributed by atoms with Gasteiger partial charge in [0.1, 0.15) is 18.0 Å². The average Bonchev–Trinajstić information content (AvgIpc) is 2.69. The zero-order valence-electron chi connectivity index (χ0n) is 15.5. The molecular formula is C23H21NO4. The van der Waals surface area contributed by atoms with Gasteiger partial charge in [0, 0.05) is 6.54 Å². The number of carbonyl (C=O) groups is 2. The molecule has 0 heterocycles. The Morgan fingerprint density at radius 1 is 0.893 bits per heavy atom. The molecule has 0 aliphatic rings. The fourth-order valence-electron chi connectivity index (χ4n) is 2.80. The van der Waals surface area contributed by atoms with E-state index < -0.39 is 18.4 Å². The van der Waals surface area contributed by atoms with E-state index in [9.17, 15) is 14.7 Å². The number of amides is 1. The summed E-state index contributed by atoms with van der Waals surface area (Å²) in [5.74, 6) is -0.464. The van der Waals surface area contributed by atoms with Crippen LogP contribution in [0.3, 0.4) is 0 Å². The molecule has 1 amide bonds. The van der Waals surface area contributed by atoms with E-state index in [1.54, 1.807) is 24.3 Å². The zero-order valence-corrected chi connectivity index (χ0v) is 15.5. The van der Waals surface area contributed by atoms with E-state index >= 15 is 0 Å². The van der Waals surface area contributed by atoms with Crippen molar-refractivity contribution >= 4 is 11.9 Å². The van der Waals surface area contributed by atoms with Crippen LogP contribution in [0, 0.1) is 6.92 Å². The quantitative estimate of drug-likeness (QED) is 0.660. The Labute approximate surface area is 163 Å². The summed E-state index contributed by atoms with van der Waals surface area (Å²) in [5.41, 5.74) is 2.28. The first-order valence-electron chi connectivity index (χ1n) is 8.91. The Bertz CT molecular complexity index is 952. The van der Waals surface area contributed by atoms with Gasteiger partial charge in [-0.05, 0) is 36.8 Å². The number of aliphatic carboxylic acids is 1. The van der Waals surface area contributed by atoms with Crippen LogP contribution in [-0.2, 0) is 11.3 Å². The zero-order chi connectivity index (χ0) is 19.9. The second-order valence-electron chi connectivity index (χ2n) is 6.45. The maximum absolute atomic E-state index is 13.1. The molecule has 0 bridgehead atoms. The van der Waals surface area contributed by atoms with E-state index in [4.69, 9.17) is 4.74 Å². The van der Waals surface area contributed by atoms with E-state index in [2.05, 4.69) is 0 Å². The van der Waals surface area contributed by atoms with Gasteiger partial charge in [-0.25, -0.2) is 0 Å². The molecule has 1 N–H and O–H groups in total. The van der Waals surface area contributed by atoms with Crippen LogP contribution in [0.15, 0.2) is 78.9 Å². The lowest BCUT2D eigenvalue weighted by Crippen LogP contribution is -2.35. The topological polar surface area (TPSA) is 66.8 Å². The Morgan fingerprint density at radius 3 is 2.21 bits per heavy atom. The number of rotatable bonds is 7. The highest BCUT2D eigenvalue weighted by Crippen LogP contribution is 2.27. The molecule has 142 valence electrons. The van der Waals surface area contributed by atoms with Crippen LogP contribution in [-0.4, -0.2) is 28.4 Å². The molecule has 0 unspecified atom stereocenters. The molecular weight excluding hydrogens is 354 g/mol. The van der Waals surface area contributed by atoms with Gasteiger partial charge in [0.25, 0.3) is 5.91 Å². The van der Waals surface area contributed by atoms with Gasteiger partial charge in [0.15, 0.2) is 0 Å². The van der Waals surface area contributed by atoms with Crippen molar-refractivity contribution in [3.8, 4) is 11.5 Å². The van der Waals surface area contributed by atoms with Crippen LogP contribution in [0.4, 0.5) is 0 Å². The van der Waals surface area contributed by atoms with Crippen LogP contribution in [0.1, 0.15) is 21.5 Å². The van der Waals surface area contributed by atoms with Crippen LogP contribution in [0.25, 0.3) is 0 Å². The predicted molar refractivity (Wildman–Crippen MR) is 107 cm³/mol. The Hall–Kier alpha value is -3.60. The summed E-state index contributed by atoms with van der Waals surface area (Å²) in [6, 6.07) is 23.7. The maximum Gasteiger partial charge on any atom is 0.323 e. The summed E-state index contributed by atoms with van der Waals surface area (Å²) in [5, 5.41) is 9.26. The van der Waals surface area contributed by atoms with Crippen molar-refractivity contribution in [3.63, 3.8) is 0 Å². The standard InChI is InChI=1S/C23H21NO4/c1-17-11-13-19(14-12-17)28-21-10-6-5-9-20(21)23(27)24(16-22(25)26)15-18-7-3-2-4-8-18/h2-14H,15-16H2,1H3,(H,25,26). The lowest BCUT2D eigenvalue weighted by atomic mass is 10.1. The van der Waals surface area contributed by atoms with Gasteiger partial charge in [0.05, 0.1) is 5.56 Å². The van der Waals surface area contributed by atoms with Crippen LogP contribution < -0.4 is 4.74 Å². The summed E-state index contributed by atoms with van der Waals surface area (Å²) in [6.07, 6.45) is 0. The number of hydrogen-bond acceptors (Lipinski definition) is 3. The first-order chi connectivity index (χ1) is 13.5. The molecule has 5 nitrogen and oxygen atoms in total. The fraction of sp³-hybridized carbons (Fsp3) is 0.130. The maximum atomic E-state index is 13.1. The normalized spacial score (nSPS) is 10.3. The largest absolute Gasteiger partial charge is 0.480 e. The third kappa shape index (κ3) is 4.98. The Morgan fingerprint density at radius 2 is 1.54 bits per heavy atom. The van der Waals surface area contributed by atoms with Crippen LogP contribution in [0.5, 0.6) is 11.5 Å². The third-order valence-corrected chi connectivity index (χ3v) is 4.20. The molecule has 0 radical (unpaired) electrons. The second-order valence-corrected chi connectivity index (χ2v) is 6.45. The highest BCUT2D eigenvalue weighted by atomic mass is 16.5. The summed E-state index contributed by atoms with van der Waals surface area (Å²) in [4.78, 5) is 25.8. The highest BCUT2D eigenvalue weighted by Gasteiger charge is 2.22. The summed E-state index contributed by atoms with van der Waals surface area (Å²) < 4.78 is 5.90.